The fraction of sp³-hybridized carbons (Fsp3) is 0.510. The number of nitrogens with one attached hydrogen (secondary N) is 5. The van der Waals surface area contributed by atoms with Crippen LogP contribution in [-0.4, -0.2) is 147 Å². The van der Waals surface area contributed by atoms with E-state index < -0.39 is 5.60 Å². The molecule has 8 heterocycles. The Kier molecular flexibility index (Phi) is 15.9. The first kappa shape index (κ1) is 51.3. The number of ether oxygens (including phenoxy) is 3. The number of benzene rings is 2. The van der Waals surface area contributed by atoms with Gasteiger partial charge in [-0.3, -0.25) is 9.59 Å². The Morgan fingerprint density at radius 2 is 1.10 bits per heavy atom. The van der Waals surface area contributed by atoms with E-state index in [1.54, 1.807) is 14.7 Å². The zero-order valence-corrected chi connectivity index (χ0v) is 43.6. The topological polar surface area (TPSA) is 242 Å². The first-order valence-electron chi connectivity index (χ1n) is 25.1. The molecule has 4 saturated heterocycles. The minimum atomic E-state index is -0.579. The third-order valence-corrected chi connectivity index (χ3v) is 15.7. The maximum Gasteiger partial charge on any atom is 0.410 e. The molecule has 0 unspecified atom stereocenters. The highest BCUT2D eigenvalue weighted by Crippen LogP contribution is 2.36. The second-order valence-electron chi connectivity index (χ2n) is 19.9. The van der Waals surface area contributed by atoms with Gasteiger partial charge in [-0.1, -0.05) is 24.3 Å². The van der Waals surface area contributed by atoms with Gasteiger partial charge in [-0.2, -0.15) is 0 Å². The van der Waals surface area contributed by atoms with Crippen molar-refractivity contribution in [1.29, 1.82) is 0 Å². The van der Waals surface area contributed by atoms with Crippen molar-refractivity contribution >= 4 is 73.0 Å². The van der Waals surface area contributed by atoms with Crippen molar-refractivity contribution in [3.05, 3.63) is 80.9 Å². The molecule has 2 aromatic carbocycles. The van der Waals surface area contributed by atoms with Gasteiger partial charge in [-0.15, -0.1) is 22.7 Å². The Morgan fingerprint density at radius 1 is 0.616 bits per heavy atom. The monoisotopic (exact) mass is 1040 g/mol. The van der Waals surface area contributed by atoms with Gasteiger partial charge in [0.15, 0.2) is 0 Å². The lowest BCUT2D eigenvalue weighted by Crippen LogP contribution is -2.47. The van der Waals surface area contributed by atoms with Crippen LogP contribution in [0.4, 0.5) is 26.0 Å². The molecule has 0 aliphatic carbocycles. The van der Waals surface area contributed by atoms with Crippen LogP contribution < -0.4 is 27.1 Å². The van der Waals surface area contributed by atoms with E-state index in [1.807, 2.05) is 69.3 Å². The van der Waals surface area contributed by atoms with Gasteiger partial charge in [-0.25, -0.2) is 34.3 Å². The van der Waals surface area contributed by atoms with E-state index in [1.165, 1.54) is 36.9 Å². The SMILES string of the molecule is COC(=O)N1CCC(c2nc(N[C@@H]3CCCN(C(=O)OC(C)(C)C)C3)c(-c3nc4ccccc4s3)c(=O)[nH]2)CC1.COC(=O)N1CCC(c2nc(N[C@@H]3CCCNC3)c(-c3nc4ccccc4s3)c(=O)[nH]2)CC1. The Bertz CT molecular complexity index is 2970. The highest BCUT2D eigenvalue weighted by atomic mass is 32.1. The molecule has 6 aromatic rings. The molecule has 0 saturated carbocycles. The average Bonchev–Trinajstić information content (AvgIpc) is 4.03. The molecule has 4 aliphatic heterocycles. The maximum absolute atomic E-state index is 13.6. The summed E-state index contributed by atoms with van der Waals surface area (Å²) < 4.78 is 17.3. The number of fused-ring (bicyclic) bond motifs is 2. The van der Waals surface area contributed by atoms with Crippen molar-refractivity contribution in [3.8, 4) is 21.1 Å². The van der Waals surface area contributed by atoms with E-state index in [9.17, 15) is 24.0 Å². The van der Waals surface area contributed by atoms with Gasteiger partial charge in [0.25, 0.3) is 11.1 Å². The lowest BCUT2D eigenvalue weighted by molar-refractivity contribution is 0.0206. The summed E-state index contributed by atoms with van der Waals surface area (Å²) in [5, 5.41) is 11.7. The fourth-order valence-corrected chi connectivity index (χ4v) is 11.8. The van der Waals surface area contributed by atoms with Gasteiger partial charge in [0.1, 0.15) is 50.0 Å². The largest absolute Gasteiger partial charge is 0.453 e. The minimum Gasteiger partial charge on any atom is -0.453 e. The number of hydrogen-bond donors (Lipinski definition) is 5. The standard InChI is InChI=1S/C28H36N6O5S.C23H28N6O3S/c1-28(2,3)39-27(37)34-13-7-8-18(16-34)29-23-21(25-30-19-9-5-6-10-20(19)40-25)24(35)32-22(31-23)17-11-14-33(15-12-17)26(36)38-4;1-32-23(31)29-11-8-14(9-12-29)19-27-20(25-15-5-4-10-24-13-15)18(21(30)28-19)22-26-16-6-2-3-7-17(16)33-22/h5-6,9-10,17-18H,7-8,11-16H2,1-4H3,(H2,29,31,32,35);2-3,6-7,14-15,24H,4-5,8-13H2,1H3,(H2,25,27,28,30)/t18-;15-/m11/s1. The number of amides is 3. The number of aromatic amines is 2. The molecule has 0 bridgehead atoms. The second kappa shape index (κ2) is 22.6. The number of anilines is 2. The molecule has 2 atom stereocenters. The van der Waals surface area contributed by atoms with E-state index in [-0.39, 0.29) is 53.3 Å². The van der Waals surface area contributed by atoms with Gasteiger partial charge >= 0.3 is 18.3 Å². The van der Waals surface area contributed by atoms with Gasteiger partial charge in [0.05, 0.1) is 34.7 Å². The summed E-state index contributed by atoms with van der Waals surface area (Å²) in [5.41, 5.74) is 1.57. The Balaban J connectivity index is 0.000000183. The molecule has 5 N–H and O–H groups in total. The lowest BCUT2D eigenvalue weighted by atomic mass is 9.96. The van der Waals surface area contributed by atoms with E-state index in [4.69, 9.17) is 34.1 Å². The Morgan fingerprint density at radius 3 is 1.55 bits per heavy atom. The van der Waals surface area contributed by atoms with Crippen LogP contribution >= 0.6 is 22.7 Å². The number of H-pyrrole nitrogens is 2. The number of likely N-dealkylation sites (tertiary alicyclic amines) is 3. The Labute approximate surface area is 430 Å². The van der Waals surface area contributed by atoms with Crippen molar-refractivity contribution in [3.63, 3.8) is 0 Å². The van der Waals surface area contributed by atoms with Crippen LogP contribution in [-0.2, 0) is 14.2 Å². The van der Waals surface area contributed by atoms with Crippen molar-refractivity contribution in [2.75, 3.05) is 77.2 Å². The molecule has 0 radical (unpaired) electrons. The van der Waals surface area contributed by atoms with E-state index in [0.717, 1.165) is 72.0 Å². The third-order valence-electron chi connectivity index (χ3n) is 13.6. The molecule has 20 nitrogen and oxygen atoms in total. The number of carbonyl (C=O) groups is 3. The number of methoxy groups -OCH3 is 2. The summed E-state index contributed by atoms with van der Waals surface area (Å²) >= 11 is 2.95. The molecule has 388 valence electrons. The van der Waals surface area contributed by atoms with E-state index >= 15 is 0 Å². The predicted molar refractivity (Wildman–Crippen MR) is 283 cm³/mol. The van der Waals surface area contributed by atoms with Gasteiger partial charge < -0.3 is 54.8 Å². The normalized spacial score (nSPS) is 19.0. The van der Waals surface area contributed by atoms with Crippen LogP contribution in [0.15, 0.2) is 58.1 Å². The molecule has 73 heavy (non-hydrogen) atoms. The smallest absolute Gasteiger partial charge is 0.410 e. The summed E-state index contributed by atoms with van der Waals surface area (Å²) in [6.45, 7) is 10.7. The molecule has 0 spiro atoms. The third kappa shape index (κ3) is 12.2. The molecular weight excluding hydrogens is 973 g/mol. The van der Waals surface area contributed by atoms with Crippen molar-refractivity contribution in [2.24, 2.45) is 0 Å². The number of thiazole rings is 2. The molecule has 3 amide bonds. The zero-order chi connectivity index (χ0) is 51.2. The average molecular weight is 1040 g/mol. The fourth-order valence-electron chi connectivity index (χ4n) is 9.81. The zero-order valence-electron chi connectivity index (χ0n) is 42.0. The summed E-state index contributed by atoms with van der Waals surface area (Å²) in [4.78, 5) is 94.0. The van der Waals surface area contributed by atoms with Crippen molar-refractivity contribution in [1.82, 2.24) is 49.9 Å². The van der Waals surface area contributed by atoms with Crippen LogP contribution in [0.25, 0.3) is 41.6 Å². The number of para-hydroxylation sites is 2. The highest BCUT2D eigenvalue weighted by molar-refractivity contribution is 7.22. The molecule has 22 heteroatoms. The number of rotatable bonds is 8. The highest BCUT2D eigenvalue weighted by Gasteiger charge is 2.32. The summed E-state index contributed by atoms with van der Waals surface area (Å²) in [7, 11) is 2.77. The van der Waals surface area contributed by atoms with Crippen molar-refractivity contribution < 1.29 is 28.6 Å². The lowest BCUT2D eigenvalue weighted by Gasteiger charge is -2.35. The van der Waals surface area contributed by atoms with Gasteiger partial charge in [-0.05, 0) is 103 Å². The molecular formula is C51H64N12O8S2. The first-order valence-corrected chi connectivity index (χ1v) is 26.7. The number of nitrogens with zero attached hydrogens (tertiary/aromatic N) is 7. The summed E-state index contributed by atoms with van der Waals surface area (Å²) in [5.74, 6) is 2.37. The van der Waals surface area contributed by atoms with E-state index in [0.29, 0.717) is 96.5 Å². The Hall–Kier alpha value is -6.65. The number of piperidine rings is 4. The summed E-state index contributed by atoms with van der Waals surface area (Å²) in [6, 6.07) is 15.8. The summed E-state index contributed by atoms with van der Waals surface area (Å²) in [6.07, 6.45) is 5.49. The quantitative estimate of drug-likeness (QED) is 0.0909. The van der Waals surface area contributed by atoms with Gasteiger partial charge in [0, 0.05) is 69.7 Å². The molecule has 10 rings (SSSR count). The van der Waals surface area contributed by atoms with Gasteiger partial charge in [0.2, 0.25) is 0 Å². The van der Waals surface area contributed by atoms with Crippen LogP contribution in [0.2, 0.25) is 0 Å². The number of carbonyl (C=O) groups excluding carboxylic acids is 3. The van der Waals surface area contributed by atoms with Crippen LogP contribution in [0, 0.1) is 0 Å². The minimum absolute atomic E-state index is 0.0109. The first-order chi connectivity index (χ1) is 35.2. The van der Waals surface area contributed by atoms with Crippen LogP contribution in [0.3, 0.4) is 0 Å². The predicted octanol–water partition coefficient (Wildman–Crippen LogP) is 7.96. The number of hydrogen-bond acceptors (Lipinski definition) is 17. The van der Waals surface area contributed by atoms with E-state index in [2.05, 4.69) is 25.9 Å². The van der Waals surface area contributed by atoms with Crippen LogP contribution in [0.1, 0.15) is 95.6 Å². The molecule has 4 aliphatic rings. The maximum atomic E-state index is 13.6. The second-order valence-corrected chi connectivity index (χ2v) is 21.9. The molecule has 4 aromatic heterocycles. The van der Waals surface area contributed by atoms with Crippen molar-refractivity contribution in [2.45, 2.75) is 102 Å². The molecule has 4 fully saturated rings. The van der Waals surface area contributed by atoms with Crippen LogP contribution in [0.5, 0.6) is 0 Å². The number of aromatic nitrogens is 6.